The quantitative estimate of drug-likeness (QED) is 0.817. The number of anilines is 2. The second-order valence-corrected chi connectivity index (χ2v) is 4.32. The Bertz CT molecular complexity index is 581. The van der Waals surface area contributed by atoms with Crippen LogP contribution in [-0.4, -0.2) is 10.9 Å². The summed E-state index contributed by atoms with van der Waals surface area (Å²) in [6.45, 7) is 1.93. The van der Waals surface area contributed by atoms with E-state index in [4.69, 9.17) is 17.3 Å². The van der Waals surface area contributed by atoms with Gasteiger partial charge >= 0.3 is 0 Å². The van der Waals surface area contributed by atoms with Crippen LogP contribution in [0.4, 0.5) is 11.5 Å². The van der Waals surface area contributed by atoms with E-state index in [0.29, 0.717) is 22.1 Å². The number of carbonyl (C=O) groups is 1. The molecule has 92 valence electrons. The van der Waals surface area contributed by atoms with Crippen molar-refractivity contribution < 1.29 is 4.79 Å². The van der Waals surface area contributed by atoms with Crippen molar-refractivity contribution in [1.29, 1.82) is 0 Å². The highest BCUT2D eigenvalue weighted by Crippen LogP contribution is 2.20. The summed E-state index contributed by atoms with van der Waals surface area (Å²) in [5.41, 5.74) is 7.48. The number of benzene rings is 1. The fraction of sp³-hybridized carbons (Fsp3) is 0.0769. The van der Waals surface area contributed by atoms with Crippen molar-refractivity contribution in [3.05, 3.63) is 52.7 Å². The molecule has 0 fully saturated rings. The highest BCUT2D eigenvalue weighted by Gasteiger charge is 2.11. The molecule has 0 aliphatic heterocycles. The van der Waals surface area contributed by atoms with Crippen molar-refractivity contribution in [2.45, 2.75) is 6.92 Å². The molecule has 1 aromatic carbocycles. The van der Waals surface area contributed by atoms with Crippen LogP contribution in [0, 0.1) is 6.92 Å². The van der Waals surface area contributed by atoms with Crippen LogP contribution in [0.25, 0.3) is 0 Å². The summed E-state index contributed by atoms with van der Waals surface area (Å²) in [4.78, 5) is 16.0. The van der Waals surface area contributed by atoms with Crippen molar-refractivity contribution in [2.75, 3.05) is 11.1 Å². The number of aromatic nitrogens is 1. The number of pyridine rings is 1. The van der Waals surface area contributed by atoms with Crippen LogP contribution in [-0.2, 0) is 0 Å². The first-order valence-corrected chi connectivity index (χ1v) is 5.73. The molecule has 0 atom stereocenters. The zero-order chi connectivity index (χ0) is 13.1. The number of hydrogen-bond donors (Lipinski definition) is 2. The van der Waals surface area contributed by atoms with Crippen LogP contribution < -0.4 is 11.1 Å². The van der Waals surface area contributed by atoms with E-state index in [-0.39, 0.29) is 5.91 Å². The number of nitrogens with zero attached hydrogens (tertiary/aromatic N) is 1. The predicted octanol–water partition coefficient (Wildman–Crippen LogP) is 2.88. The van der Waals surface area contributed by atoms with E-state index in [0.717, 1.165) is 5.56 Å². The summed E-state index contributed by atoms with van der Waals surface area (Å²) in [7, 11) is 0. The maximum Gasteiger partial charge on any atom is 0.258 e. The Morgan fingerprint density at radius 3 is 2.72 bits per heavy atom. The molecular formula is C13H12ClN3O. The molecule has 0 aliphatic carbocycles. The van der Waals surface area contributed by atoms with E-state index in [1.54, 1.807) is 30.5 Å². The lowest BCUT2D eigenvalue weighted by molar-refractivity contribution is 0.102. The molecule has 5 heteroatoms. The zero-order valence-electron chi connectivity index (χ0n) is 9.77. The smallest absolute Gasteiger partial charge is 0.258 e. The van der Waals surface area contributed by atoms with Crippen molar-refractivity contribution in [1.82, 2.24) is 4.98 Å². The van der Waals surface area contributed by atoms with Crippen LogP contribution in [0.5, 0.6) is 0 Å². The summed E-state index contributed by atoms with van der Waals surface area (Å²) >= 11 is 5.95. The Kier molecular flexibility index (Phi) is 3.48. The van der Waals surface area contributed by atoms with E-state index in [1.807, 2.05) is 13.0 Å². The monoisotopic (exact) mass is 261 g/mol. The number of halogens is 1. The van der Waals surface area contributed by atoms with Gasteiger partial charge in [-0.2, -0.15) is 0 Å². The van der Waals surface area contributed by atoms with Gasteiger partial charge in [-0.1, -0.05) is 17.7 Å². The van der Waals surface area contributed by atoms with E-state index in [2.05, 4.69) is 10.3 Å². The molecule has 2 aromatic rings. The van der Waals surface area contributed by atoms with Crippen molar-refractivity contribution in [3.8, 4) is 0 Å². The van der Waals surface area contributed by atoms with Gasteiger partial charge in [-0.25, -0.2) is 4.98 Å². The lowest BCUT2D eigenvalue weighted by Gasteiger charge is -2.06. The lowest BCUT2D eigenvalue weighted by Crippen LogP contribution is -2.13. The van der Waals surface area contributed by atoms with E-state index >= 15 is 0 Å². The molecule has 3 N–H and O–H groups in total. The second-order valence-electron chi connectivity index (χ2n) is 3.91. The molecule has 18 heavy (non-hydrogen) atoms. The topological polar surface area (TPSA) is 68.0 Å². The Morgan fingerprint density at radius 2 is 2.11 bits per heavy atom. The van der Waals surface area contributed by atoms with E-state index in [9.17, 15) is 4.79 Å². The Hall–Kier alpha value is -2.07. The van der Waals surface area contributed by atoms with Crippen LogP contribution in [0.1, 0.15) is 15.9 Å². The van der Waals surface area contributed by atoms with Gasteiger partial charge in [-0.15, -0.1) is 0 Å². The minimum absolute atomic E-state index is 0.309. The molecule has 0 spiro atoms. The molecule has 0 aliphatic rings. The summed E-state index contributed by atoms with van der Waals surface area (Å²) in [6.07, 6.45) is 1.68. The SMILES string of the molecule is Cc1ccc(NC(=O)c2ccc(N)cc2Cl)nc1. The number of nitrogen functional groups attached to an aromatic ring is 1. The minimum atomic E-state index is -0.309. The fourth-order valence-corrected chi connectivity index (χ4v) is 1.72. The molecule has 0 bridgehead atoms. The first kappa shape index (κ1) is 12.4. The van der Waals surface area contributed by atoms with Crippen molar-refractivity contribution in [3.63, 3.8) is 0 Å². The number of aryl methyl sites for hydroxylation is 1. The number of rotatable bonds is 2. The van der Waals surface area contributed by atoms with Gasteiger partial charge in [0.2, 0.25) is 0 Å². The highest BCUT2D eigenvalue weighted by atomic mass is 35.5. The maximum absolute atomic E-state index is 12.0. The van der Waals surface area contributed by atoms with Crippen LogP contribution in [0.3, 0.4) is 0 Å². The van der Waals surface area contributed by atoms with E-state index < -0.39 is 0 Å². The Labute approximate surface area is 110 Å². The predicted molar refractivity (Wildman–Crippen MR) is 72.8 cm³/mol. The molecule has 0 radical (unpaired) electrons. The zero-order valence-corrected chi connectivity index (χ0v) is 10.5. The van der Waals surface area contributed by atoms with Gasteiger partial charge in [-0.3, -0.25) is 4.79 Å². The number of nitrogens with one attached hydrogen (secondary N) is 1. The second kappa shape index (κ2) is 5.06. The molecule has 2 rings (SSSR count). The van der Waals surface area contributed by atoms with Crippen LogP contribution in [0.2, 0.25) is 5.02 Å². The van der Waals surface area contributed by atoms with Crippen LogP contribution >= 0.6 is 11.6 Å². The van der Waals surface area contributed by atoms with Gasteiger partial charge in [0.1, 0.15) is 5.82 Å². The lowest BCUT2D eigenvalue weighted by atomic mass is 10.2. The minimum Gasteiger partial charge on any atom is -0.399 e. The number of hydrogen-bond acceptors (Lipinski definition) is 3. The first-order valence-electron chi connectivity index (χ1n) is 5.35. The molecule has 0 saturated heterocycles. The van der Waals surface area contributed by atoms with Gasteiger partial charge in [0.15, 0.2) is 0 Å². The summed E-state index contributed by atoms with van der Waals surface area (Å²) in [6, 6.07) is 8.36. The molecule has 4 nitrogen and oxygen atoms in total. The van der Waals surface area contributed by atoms with Gasteiger partial charge < -0.3 is 11.1 Å². The highest BCUT2D eigenvalue weighted by molar-refractivity contribution is 6.34. The summed E-state index contributed by atoms with van der Waals surface area (Å²) in [5.74, 6) is 0.176. The number of nitrogens with two attached hydrogens (primary N) is 1. The number of amides is 1. The maximum atomic E-state index is 12.0. The third kappa shape index (κ3) is 2.78. The fourth-order valence-electron chi connectivity index (χ4n) is 1.44. The molecule has 1 aromatic heterocycles. The molecular weight excluding hydrogens is 250 g/mol. The van der Waals surface area contributed by atoms with Gasteiger partial charge in [0.25, 0.3) is 5.91 Å². The van der Waals surface area contributed by atoms with Crippen molar-refractivity contribution >= 4 is 29.0 Å². The Balaban J connectivity index is 2.19. The van der Waals surface area contributed by atoms with Gasteiger partial charge in [0, 0.05) is 11.9 Å². The van der Waals surface area contributed by atoms with E-state index in [1.165, 1.54) is 0 Å². The molecule has 1 heterocycles. The average molecular weight is 262 g/mol. The first-order chi connectivity index (χ1) is 8.56. The Morgan fingerprint density at radius 1 is 1.33 bits per heavy atom. The standard InChI is InChI=1S/C13H12ClN3O/c1-8-2-5-12(16-7-8)17-13(18)10-4-3-9(15)6-11(10)14/h2-7H,15H2,1H3,(H,16,17,18). The largest absolute Gasteiger partial charge is 0.399 e. The third-order valence-corrected chi connectivity index (χ3v) is 2.70. The molecule has 1 amide bonds. The van der Waals surface area contributed by atoms with Crippen molar-refractivity contribution in [2.24, 2.45) is 0 Å². The number of carbonyl (C=O) groups excluding carboxylic acids is 1. The van der Waals surface area contributed by atoms with Crippen LogP contribution in [0.15, 0.2) is 36.5 Å². The third-order valence-electron chi connectivity index (χ3n) is 2.39. The van der Waals surface area contributed by atoms with Gasteiger partial charge in [0.05, 0.1) is 10.6 Å². The average Bonchev–Trinajstić information content (AvgIpc) is 2.32. The normalized spacial score (nSPS) is 10.1. The van der Waals surface area contributed by atoms with Gasteiger partial charge in [-0.05, 0) is 36.8 Å². The summed E-state index contributed by atoms with van der Waals surface area (Å²) < 4.78 is 0. The summed E-state index contributed by atoms with van der Waals surface area (Å²) in [5, 5.41) is 2.99. The molecule has 0 saturated carbocycles. The molecule has 0 unspecified atom stereocenters.